The Labute approximate surface area is 177 Å². The van der Waals surface area contributed by atoms with Crippen molar-refractivity contribution in [1.82, 2.24) is 10.2 Å². The van der Waals surface area contributed by atoms with E-state index in [1.54, 1.807) is 38.1 Å². The van der Waals surface area contributed by atoms with E-state index in [4.69, 9.17) is 16.3 Å². The second kappa shape index (κ2) is 8.87. The topological polar surface area (TPSA) is 58.6 Å². The Hall–Kier alpha value is -2.53. The lowest BCUT2D eigenvalue weighted by Crippen LogP contribution is -2.53. The number of amides is 2. The first kappa shape index (κ1) is 21.2. The molecule has 0 radical (unpaired) electrons. The first-order chi connectivity index (χ1) is 13.8. The molecule has 1 heterocycles. The Morgan fingerprint density at radius 2 is 1.69 bits per heavy atom. The second-order valence-corrected chi connectivity index (χ2v) is 8.36. The van der Waals surface area contributed by atoms with Crippen molar-refractivity contribution in [3.05, 3.63) is 64.7 Å². The van der Waals surface area contributed by atoms with E-state index in [1.165, 1.54) is 0 Å². The van der Waals surface area contributed by atoms with E-state index in [0.717, 1.165) is 18.4 Å². The highest BCUT2D eigenvalue weighted by molar-refractivity contribution is 6.30. The van der Waals surface area contributed by atoms with Crippen LogP contribution in [0.5, 0.6) is 5.75 Å². The molecule has 1 saturated heterocycles. The third-order valence-electron chi connectivity index (χ3n) is 5.21. The third-order valence-corrected chi connectivity index (χ3v) is 5.46. The Bertz CT molecular complexity index is 872. The van der Waals surface area contributed by atoms with Gasteiger partial charge >= 0.3 is 0 Å². The van der Waals surface area contributed by atoms with Crippen LogP contribution in [0.15, 0.2) is 48.5 Å². The normalized spacial score (nSPS) is 15.1. The molecule has 0 bridgehead atoms. The molecule has 5 nitrogen and oxygen atoms in total. The molecule has 0 saturated carbocycles. The minimum Gasteiger partial charge on any atom is -0.478 e. The summed E-state index contributed by atoms with van der Waals surface area (Å²) in [5, 5.41) is 3.72. The van der Waals surface area contributed by atoms with Crippen molar-refractivity contribution in [2.45, 2.75) is 45.3 Å². The summed E-state index contributed by atoms with van der Waals surface area (Å²) in [5.41, 5.74) is 0.674. The van der Waals surface area contributed by atoms with Crippen LogP contribution in [0.2, 0.25) is 5.02 Å². The van der Waals surface area contributed by atoms with Gasteiger partial charge in [-0.1, -0.05) is 29.8 Å². The van der Waals surface area contributed by atoms with Crippen LogP contribution in [0.1, 0.15) is 42.6 Å². The van der Waals surface area contributed by atoms with Crippen LogP contribution in [0.3, 0.4) is 0 Å². The zero-order valence-corrected chi connectivity index (χ0v) is 17.8. The molecule has 0 aromatic heterocycles. The van der Waals surface area contributed by atoms with E-state index in [-0.39, 0.29) is 17.9 Å². The van der Waals surface area contributed by atoms with Crippen molar-refractivity contribution < 1.29 is 14.3 Å². The molecule has 1 fully saturated rings. The molecule has 1 aliphatic heterocycles. The third kappa shape index (κ3) is 5.30. The van der Waals surface area contributed by atoms with Crippen LogP contribution in [0.25, 0.3) is 0 Å². The van der Waals surface area contributed by atoms with Crippen LogP contribution in [-0.2, 0) is 4.79 Å². The fourth-order valence-electron chi connectivity index (χ4n) is 3.54. The van der Waals surface area contributed by atoms with Gasteiger partial charge in [-0.15, -0.1) is 0 Å². The van der Waals surface area contributed by atoms with Crippen LogP contribution >= 0.6 is 11.6 Å². The highest BCUT2D eigenvalue weighted by atomic mass is 35.5. The molecule has 29 heavy (non-hydrogen) atoms. The number of likely N-dealkylation sites (tertiary alicyclic amines) is 1. The molecule has 1 aliphatic rings. The number of hydrogen-bond acceptors (Lipinski definition) is 3. The maximum atomic E-state index is 13.0. The molecule has 3 rings (SSSR count). The van der Waals surface area contributed by atoms with Gasteiger partial charge in [0, 0.05) is 29.7 Å². The summed E-state index contributed by atoms with van der Waals surface area (Å²) in [6.07, 6.45) is 1.45. The van der Waals surface area contributed by atoms with E-state index in [1.807, 2.05) is 36.1 Å². The Balaban J connectivity index is 1.54. The zero-order valence-electron chi connectivity index (χ0n) is 17.1. The van der Waals surface area contributed by atoms with Gasteiger partial charge in [0.05, 0.1) is 0 Å². The maximum Gasteiger partial charge on any atom is 0.266 e. The molecule has 0 unspecified atom stereocenters. The molecular weight excluding hydrogens is 388 g/mol. The summed E-state index contributed by atoms with van der Waals surface area (Å²) in [7, 11) is 0. The second-order valence-electron chi connectivity index (χ2n) is 7.92. The van der Waals surface area contributed by atoms with Gasteiger partial charge < -0.3 is 15.0 Å². The number of aryl methyl sites for hydroxylation is 1. The lowest BCUT2D eigenvalue weighted by atomic mass is 10.0. The van der Waals surface area contributed by atoms with Crippen molar-refractivity contribution >= 4 is 23.4 Å². The highest BCUT2D eigenvalue weighted by Gasteiger charge is 2.36. The number of carbonyl (C=O) groups excluding carboxylic acids is 2. The summed E-state index contributed by atoms with van der Waals surface area (Å²) >= 11 is 5.90. The number of carbonyl (C=O) groups is 2. The minimum atomic E-state index is -0.981. The van der Waals surface area contributed by atoms with Gasteiger partial charge in [-0.05, 0) is 69.5 Å². The number of ether oxygens (including phenoxy) is 1. The Morgan fingerprint density at radius 1 is 1.07 bits per heavy atom. The largest absolute Gasteiger partial charge is 0.478 e. The predicted octanol–water partition coefficient (Wildman–Crippen LogP) is 4.23. The fourth-order valence-corrected chi connectivity index (χ4v) is 3.67. The molecule has 1 N–H and O–H groups in total. The van der Waals surface area contributed by atoms with Crippen LogP contribution in [-0.4, -0.2) is 41.4 Å². The summed E-state index contributed by atoms with van der Waals surface area (Å²) in [5.74, 6) is 0.489. The quantitative estimate of drug-likeness (QED) is 0.796. The average Bonchev–Trinajstić information content (AvgIpc) is 2.70. The van der Waals surface area contributed by atoms with Crippen LogP contribution in [0, 0.1) is 6.92 Å². The summed E-state index contributed by atoms with van der Waals surface area (Å²) in [4.78, 5) is 27.3. The molecule has 2 aromatic rings. The number of nitrogens with zero attached hydrogens (tertiary/aromatic N) is 1. The van der Waals surface area contributed by atoms with Crippen molar-refractivity contribution in [2.24, 2.45) is 0 Å². The van der Waals surface area contributed by atoms with Gasteiger partial charge in [0.15, 0.2) is 5.60 Å². The number of piperidine rings is 1. The number of benzene rings is 2. The monoisotopic (exact) mass is 414 g/mol. The standard InChI is InChI=1S/C23H27ClN2O3/c1-16-6-4-5-7-20(16)21(27)25-18-12-14-26(15-13-18)22(28)23(2,3)29-19-10-8-17(24)9-11-19/h4-11,18H,12-15H2,1-3H3,(H,25,27). The van der Waals surface area contributed by atoms with Crippen LogP contribution < -0.4 is 10.1 Å². The van der Waals surface area contributed by atoms with Gasteiger partial charge in [-0.2, -0.15) is 0 Å². The minimum absolute atomic E-state index is 0.0562. The van der Waals surface area contributed by atoms with E-state index >= 15 is 0 Å². The van der Waals surface area contributed by atoms with E-state index in [0.29, 0.717) is 29.4 Å². The Kier molecular flexibility index (Phi) is 6.48. The SMILES string of the molecule is Cc1ccccc1C(=O)NC1CCN(C(=O)C(C)(C)Oc2ccc(Cl)cc2)CC1. The molecule has 0 spiro atoms. The lowest BCUT2D eigenvalue weighted by molar-refractivity contribution is -0.146. The van der Waals surface area contributed by atoms with Gasteiger partial charge in [-0.3, -0.25) is 9.59 Å². The lowest BCUT2D eigenvalue weighted by Gasteiger charge is -2.37. The summed E-state index contributed by atoms with van der Waals surface area (Å²) in [6, 6.07) is 14.6. The first-order valence-electron chi connectivity index (χ1n) is 9.87. The van der Waals surface area contributed by atoms with Gasteiger partial charge in [0.25, 0.3) is 11.8 Å². The van der Waals surface area contributed by atoms with Gasteiger partial charge in [0.1, 0.15) is 5.75 Å². The molecule has 2 aromatic carbocycles. The molecular formula is C23H27ClN2O3. The smallest absolute Gasteiger partial charge is 0.266 e. The van der Waals surface area contributed by atoms with Gasteiger partial charge in [0.2, 0.25) is 0 Å². The Morgan fingerprint density at radius 3 is 2.31 bits per heavy atom. The van der Waals surface area contributed by atoms with Crippen molar-refractivity contribution in [2.75, 3.05) is 13.1 Å². The maximum absolute atomic E-state index is 13.0. The number of hydrogen-bond donors (Lipinski definition) is 1. The zero-order chi connectivity index (χ0) is 21.0. The molecule has 6 heteroatoms. The van der Waals surface area contributed by atoms with E-state index in [9.17, 15) is 9.59 Å². The molecule has 0 aliphatic carbocycles. The summed E-state index contributed by atoms with van der Waals surface area (Å²) < 4.78 is 5.91. The van der Waals surface area contributed by atoms with Crippen LogP contribution in [0.4, 0.5) is 0 Å². The van der Waals surface area contributed by atoms with Crippen molar-refractivity contribution in [3.63, 3.8) is 0 Å². The molecule has 0 atom stereocenters. The highest BCUT2D eigenvalue weighted by Crippen LogP contribution is 2.24. The molecule has 2 amide bonds. The molecule has 154 valence electrons. The van der Waals surface area contributed by atoms with Crippen molar-refractivity contribution in [3.8, 4) is 5.75 Å². The fraction of sp³-hybridized carbons (Fsp3) is 0.391. The number of nitrogens with one attached hydrogen (secondary N) is 1. The summed E-state index contributed by atoms with van der Waals surface area (Å²) in [6.45, 7) is 6.65. The first-order valence-corrected chi connectivity index (χ1v) is 10.2. The number of halogens is 1. The predicted molar refractivity (Wildman–Crippen MR) is 114 cm³/mol. The van der Waals surface area contributed by atoms with Crippen molar-refractivity contribution in [1.29, 1.82) is 0 Å². The van der Waals surface area contributed by atoms with Gasteiger partial charge in [-0.25, -0.2) is 0 Å². The average molecular weight is 415 g/mol. The number of rotatable bonds is 5. The van der Waals surface area contributed by atoms with E-state index < -0.39 is 5.60 Å². The van der Waals surface area contributed by atoms with E-state index in [2.05, 4.69) is 5.32 Å².